The number of carbonyl (C=O) groups excluding carboxylic acids is 2. The van der Waals surface area contributed by atoms with Crippen molar-refractivity contribution in [1.82, 2.24) is 5.32 Å². The van der Waals surface area contributed by atoms with Gasteiger partial charge < -0.3 is 30.4 Å². The summed E-state index contributed by atoms with van der Waals surface area (Å²) < 4.78 is 5.32. The number of phenols is 4. The number of methoxy groups -OCH3 is 1. The number of nitrogens with zero attached hydrogens (tertiary/aromatic N) is 1. The highest BCUT2D eigenvalue weighted by Gasteiger charge is 2.51. The van der Waals surface area contributed by atoms with Gasteiger partial charge in [-0.25, -0.2) is 0 Å². The van der Waals surface area contributed by atoms with E-state index in [0.29, 0.717) is 35.2 Å². The van der Waals surface area contributed by atoms with E-state index in [-0.39, 0.29) is 63.3 Å². The van der Waals surface area contributed by atoms with Gasteiger partial charge in [0.25, 0.3) is 0 Å². The molecule has 10 heteroatoms. The quantitative estimate of drug-likeness (QED) is 0.101. The van der Waals surface area contributed by atoms with E-state index in [1.165, 1.54) is 25.3 Å². The lowest BCUT2D eigenvalue weighted by molar-refractivity contribution is 0.0970. The molecule has 200 valence electrons. The van der Waals surface area contributed by atoms with Gasteiger partial charge in [0, 0.05) is 28.7 Å². The minimum absolute atomic E-state index is 0.0316. The minimum Gasteiger partial charge on any atom is -0.507 e. The lowest BCUT2D eigenvalue weighted by Gasteiger charge is -2.49. The Balaban J connectivity index is 1.49. The second-order valence-electron chi connectivity index (χ2n) is 10.5. The summed E-state index contributed by atoms with van der Waals surface area (Å²) in [6, 6.07) is 8.54. The van der Waals surface area contributed by atoms with Crippen molar-refractivity contribution in [3.63, 3.8) is 0 Å². The fourth-order valence-corrected chi connectivity index (χ4v) is 6.58. The number of fused-ring (bicyclic) bond motifs is 6. The Kier molecular flexibility index (Phi) is 5.37. The average molecular weight is 531 g/mol. The zero-order valence-electron chi connectivity index (χ0n) is 21.1. The van der Waals surface area contributed by atoms with Crippen LogP contribution in [-0.2, 0) is 12.8 Å². The summed E-state index contributed by atoms with van der Waals surface area (Å²) in [5.74, 6) is -2.64. The Labute approximate surface area is 222 Å². The van der Waals surface area contributed by atoms with Crippen molar-refractivity contribution in [1.29, 1.82) is 0 Å². The molecule has 0 aromatic heterocycles. The number of piperidine rings is 1. The molecule has 2 heterocycles. The van der Waals surface area contributed by atoms with Crippen LogP contribution in [0.4, 0.5) is 0 Å². The van der Waals surface area contributed by atoms with Crippen molar-refractivity contribution in [3.05, 3.63) is 75.3 Å². The number of rotatable bonds is 3. The second-order valence-corrected chi connectivity index (χ2v) is 10.5. The molecule has 3 aliphatic rings. The number of carbonyl (C=O) groups is 2. The Morgan fingerprint density at radius 2 is 1.74 bits per heavy atom. The highest BCUT2D eigenvalue weighted by Crippen LogP contribution is 2.52. The van der Waals surface area contributed by atoms with E-state index in [0.717, 1.165) is 0 Å². The third-order valence-corrected chi connectivity index (χ3v) is 8.24. The van der Waals surface area contributed by atoms with Gasteiger partial charge in [0.05, 0.1) is 35.1 Å². The van der Waals surface area contributed by atoms with Crippen LogP contribution in [0.2, 0.25) is 0 Å². The van der Waals surface area contributed by atoms with Crippen LogP contribution in [0.1, 0.15) is 67.9 Å². The summed E-state index contributed by atoms with van der Waals surface area (Å²) in [4.78, 5) is 27.2. The third-order valence-electron chi connectivity index (χ3n) is 8.24. The van der Waals surface area contributed by atoms with E-state index in [2.05, 4.69) is 10.5 Å². The van der Waals surface area contributed by atoms with Gasteiger partial charge in [0.15, 0.2) is 17.3 Å². The molecule has 3 aromatic rings. The predicted octanol–water partition coefficient (Wildman–Crippen LogP) is 3.33. The van der Waals surface area contributed by atoms with Gasteiger partial charge in [0.2, 0.25) is 5.78 Å². The summed E-state index contributed by atoms with van der Waals surface area (Å²) in [5.41, 5.74) is 0.383. The van der Waals surface area contributed by atoms with E-state index >= 15 is 0 Å². The summed E-state index contributed by atoms with van der Waals surface area (Å²) in [6.45, 7) is 1.81. The molecule has 1 aliphatic carbocycles. The standard InChI is InChI=1S/C29H26N2O8/c1-29-11-15-20(16(30-29)10-13(28(29)31-38)8-12-6-7-17(32)18(33)9-12)26(36)23-22(25(15)35)24(34)14-4-3-5-19(39-2)21(14)27(23)37/h3-7,9,13,16,30,32-33,35-36,38H,8,10-11H2,1-2H3. The van der Waals surface area contributed by atoms with Gasteiger partial charge >= 0.3 is 0 Å². The maximum Gasteiger partial charge on any atom is 0.202 e. The molecular weight excluding hydrogens is 504 g/mol. The number of benzene rings is 3. The van der Waals surface area contributed by atoms with Gasteiger partial charge in [-0.1, -0.05) is 23.4 Å². The maximum atomic E-state index is 13.7. The molecule has 2 bridgehead atoms. The van der Waals surface area contributed by atoms with Crippen molar-refractivity contribution in [2.75, 3.05) is 7.11 Å². The van der Waals surface area contributed by atoms with Crippen LogP contribution in [0.25, 0.3) is 0 Å². The first-order valence-electron chi connectivity index (χ1n) is 12.5. The molecule has 10 nitrogen and oxygen atoms in total. The fourth-order valence-electron chi connectivity index (χ4n) is 6.58. The molecule has 0 amide bonds. The third kappa shape index (κ3) is 3.41. The number of phenolic OH excluding ortho intramolecular Hbond substituents is 4. The molecule has 39 heavy (non-hydrogen) atoms. The Hall–Kier alpha value is -4.57. The normalized spacial score (nSPS) is 24.2. The number of aromatic hydroxyl groups is 4. The van der Waals surface area contributed by atoms with Crippen molar-refractivity contribution in [2.45, 2.75) is 37.8 Å². The van der Waals surface area contributed by atoms with Gasteiger partial charge in [-0.2, -0.15) is 0 Å². The predicted molar refractivity (Wildman–Crippen MR) is 138 cm³/mol. The first kappa shape index (κ1) is 24.7. The lowest BCUT2D eigenvalue weighted by Crippen LogP contribution is -2.62. The van der Waals surface area contributed by atoms with E-state index < -0.39 is 23.1 Å². The largest absolute Gasteiger partial charge is 0.507 e. The zero-order chi connectivity index (χ0) is 27.8. The van der Waals surface area contributed by atoms with Crippen LogP contribution in [0.15, 0.2) is 41.6 Å². The maximum absolute atomic E-state index is 13.7. The number of oxime groups is 1. The number of ether oxygens (including phenoxy) is 1. The molecule has 2 aliphatic heterocycles. The monoisotopic (exact) mass is 530 g/mol. The van der Waals surface area contributed by atoms with Crippen LogP contribution in [0.5, 0.6) is 28.7 Å². The minimum atomic E-state index is -0.949. The van der Waals surface area contributed by atoms with Gasteiger partial charge in [-0.05, 0) is 49.9 Å². The molecule has 6 rings (SSSR count). The van der Waals surface area contributed by atoms with Crippen LogP contribution in [-0.4, -0.2) is 55.6 Å². The number of hydrogen-bond acceptors (Lipinski definition) is 10. The summed E-state index contributed by atoms with van der Waals surface area (Å²) in [7, 11) is 1.38. The van der Waals surface area contributed by atoms with Crippen LogP contribution in [0.3, 0.4) is 0 Å². The first-order chi connectivity index (χ1) is 18.6. The van der Waals surface area contributed by atoms with Crippen molar-refractivity contribution in [3.8, 4) is 28.7 Å². The summed E-state index contributed by atoms with van der Waals surface area (Å²) >= 11 is 0. The molecule has 3 aromatic carbocycles. The van der Waals surface area contributed by atoms with Crippen molar-refractivity contribution >= 4 is 17.3 Å². The molecule has 6 N–H and O–H groups in total. The molecular formula is C29H26N2O8. The van der Waals surface area contributed by atoms with E-state index in [1.54, 1.807) is 18.2 Å². The number of ketones is 2. The molecule has 3 unspecified atom stereocenters. The van der Waals surface area contributed by atoms with Crippen LogP contribution < -0.4 is 10.1 Å². The first-order valence-corrected chi connectivity index (χ1v) is 12.5. The number of nitrogens with one attached hydrogen (secondary N) is 1. The van der Waals surface area contributed by atoms with E-state index in [9.17, 15) is 35.2 Å². The van der Waals surface area contributed by atoms with Gasteiger partial charge in [-0.3, -0.25) is 14.9 Å². The SMILES string of the molecule is COc1cccc2c1C(=O)c1c(O)c3c(c(O)c1C2=O)CC1(C)NC3CC(Cc2ccc(O)c(O)c2)C1=NO. The van der Waals surface area contributed by atoms with Crippen LogP contribution >= 0.6 is 0 Å². The summed E-state index contributed by atoms with van der Waals surface area (Å²) in [6.07, 6.45) is 0.752. The highest BCUT2D eigenvalue weighted by molar-refractivity contribution is 6.31. The molecule has 1 fully saturated rings. The molecule has 1 saturated heterocycles. The lowest BCUT2D eigenvalue weighted by atomic mass is 9.66. The smallest absolute Gasteiger partial charge is 0.202 e. The Morgan fingerprint density at radius 3 is 2.44 bits per heavy atom. The van der Waals surface area contributed by atoms with Gasteiger partial charge in [0.1, 0.15) is 17.2 Å². The topological polar surface area (TPSA) is 169 Å². The molecule has 3 atom stereocenters. The fraction of sp³-hybridized carbons (Fsp3) is 0.276. The second kappa shape index (κ2) is 8.47. The summed E-state index contributed by atoms with van der Waals surface area (Å²) in [5, 5.41) is 59.7. The molecule has 0 saturated carbocycles. The van der Waals surface area contributed by atoms with Crippen molar-refractivity contribution in [2.24, 2.45) is 11.1 Å². The van der Waals surface area contributed by atoms with Crippen molar-refractivity contribution < 1.29 is 40.0 Å². The average Bonchev–Trinajstić information content (AvgIpc) is 2.90. The molecule has 0 spiro atoms. The van der Waals surface area contributed by atoms with Crippen LogP contribution in [0, 0.1) is 5.92 Å². The van der Waals surface area contributed by atoms with E-state index in [1.807, 2.05) is 6.92 Å². The Morgan fingerprint density at radius 1 is 1.00 bits per heavy atom. The van der Waals surface area contributed by atoms with E-state index in [4.69, 9.17) is 4.74 Å². The molecule has 0 radical (unpaired) electrons. The van der Waals surface area contributed by atoms with Gasteiger partial charge in [-0.15, -0.1) is 0 Å². The highest BCUT2D eigenvalue weighted by atomic mass is 16.5. The Bertz CT molecular complexity index is 1630. The number of hydrogen-bond donors (Lipinski definition) is 6. The zero-order valence-corrected chi connectivity index (χ0v) is 21.1.